The summed E-state index contributed by atoms with van der Waals surface area (Å²) >= 11 is 0. The Kier molecular flexibility index (Phi) is 6.26. The number of carbonyl (C=O) groups is 2. The summed E-state index contributed by atoms with van der Waals surface area (Å²) in [6, 6.07) is 7.44. The number of carbonyl (C=O) groups excluding carboxylic acids is 2. The molecule has 1 amide bonds. The Morgan fingerprint density at radius 1 is 1.00 bits per heavy atom. The zero-order valence-corrected chi connectivity index (χ0v) is 18.9. The normalized spacial score (nSPS) is 13.7. The average Bonchev–Trinajstić information content (AvgIpc) is 2.71. The molecule has 2 aromatic rings. The molecule has 0 radical (unpaired) electrons. The Labute approximate surface area is 181 Å². The molecule has 31 heavy (non-hydrogen) atoms. The summed E-state index contributed by atoms with van der Waals surface area (Å²) in [6.07, 6.45) is 0.843. The van der Waals surface area contributed by atoms with Crippen LogP contribution in [-0.4, -0.2) is 58.1 Å². The Bertz CT molecular complexity index is 1140. The van der Waals surface area contributed by atoms with Crippen LogP contribution < -0.4 is 14.2 Å². The predicted octanol–water partition coefficient (Wildman–Crippen LogP) is 2.73. The van der Waals surface area contributed by atoms with Crippen molar-refractivity contribution in [3.8, 4) is 17.2 Å². The number of amides is 1. The molecule has 0 aromatic heterocycles. The molecule has 0 N–H and O–H groups in total. The van der Waals surface area contributed by atoms with Gasteiger partial charge in [-0.2, -0.15) is 0 Å². The molecule has 166 valence electrons. The second kappa shape index (κ2) is 8.58. The van der Waals surface area contributed by atoms with Crippen molar-refractivity contribution in [3.05, 3.63) is 47.0 Å². The van der Waals surface area contributed by atoms with Gasteiger partial charge in [0.05, 0.1) is 37.3 Å². The van der Waals surface area contributed by atoms with E-state index in [1.165, 1.54) is 37.3 Å². The van der Waals surface area contributed by atoms with Crippen LogP contribution in [0.3, 0.4) is 0 Å². The first-order chi connectivity index (χ1) is 14.5. The van der Waals surface area contributed by atoms with E-state index < -0.39 is 15.7 Å². The molecule has 0 unspecified atom stereocenters. The predicted molar refractivity (Wildman–Crippen MR) is 114 cm³/mol. The number of Topliss-reactive ketones (excluding diaryl/α,β-unsaturated/α-hetero) is 1. The lowest BCUT2D eigenvalue weighted by Gasteiger charge is -2.29. The van der Waals surface area contributed by atoms with Gasteiger partial charge in [-0.3, -0.25) is 9.59 Å². The second-order valence-corrected chi connectivity index (χ2v) is 9.56. The Morgan fingerprint density at radius 2 is 1.65 bits per heavy atom. The number of methoxy groups -OCH3 is 2. The number of fused-ring (bicyclic) bond motifs is 1. The molecule has 2 aromatic carbocycles. The third-order valence-corrected chi connectivity index (χ3v) is 5.98. The van der Waals surface area contributed by atoms with Gasteiger partial charge < -0.3 is 19.1 Å². The van der Waals surface area contributed by atoms with Crippen LogP contribution in [0.1, 0.15) is 40.1 Å². The molecule has 8 nitrogen and oxygen atoms in total. The molecule has 0 saturated carbocycles. The van der Waals surface area contributed by atoms with Crippen molar-refractivity contribution in [2.45, 2.75) is 31.4 Å². The van der Waals surface area contributed by atoms with E-state index in [1.54, 1.807) is 26.0 Å². The minimum atomic E-state index is -3.53. The standard InChI is InChI=1S/C22H25NO7S/c1-13(2)30-19-7-6-15(31(5,26)27)9-17(19)22(25)23-11-14-8-20(28-3)21(29-4)10-16(14)18(24)12-23/h6-10,13H,11-12H2,1-5H3. The largest absolute Gasteiger partial charge is 0.493 e. The van der Waals surface area contributed by atoms with E-state index in [1.807, 2.05) is 0 Å². The molecule has 1 heterocycles. The number of ether oxygens (including phenoxy) is 3. The summed E-state index contributed by atoms with van der Waals surface area (Å²) in [6.45, 7) is 3.62. The van der Waals surface area contributed by atoms with Gasteiger partial charge in [-0.15, -0.1) is 0 Å². The van der Waals surface area contributed by atoms with Gasteiger partial charge in [0, 0.05) is 18.4 Å². The maximum Gasteiger partial charge on any atom is 0.258 e. The van der Waals surface area contributed by atoms with Gasteiger partial charge in [0.1, 0.15) is 5.75 Å². The molecular weight excluding hydrogens is 422 g/mol. The van der Waals surface area contributed by atoms with Gasteiger partial charge in [0.25, 0.3) is 5.91 Å². The van der Waals surface area contributed by atoms with Crippen LogP contribution in [-0.2, 0) is 16.4 Å². The fraction of sp³-hybridized carbons (Fsp3) is 0.364. The molecule has 0 spiro atoms. The lowest BCUT2D eigenvalue weighted by atomic mass is 9.97. The Hall–Kier alpha value is -3.07. The van der Waals surface area contributed by atoms with E-state index in [-0.39, 0.29) is 41.2 Å². The van der Waals surface area contributed by atoms with E-state index >= 15 is 0 Å². The molecular formula is C22H25NO7S. The Balaban J connectivity index is 2.03. The molecule has 1 aliphatic heterocycles. The highest BCUT2D eigenvalue weighted by Gasteiger charge is 2.31. The van der Waals surface area contributed by atoms with Crippen molar-refractivity contribution in [2.24, 2.45) is 0 Å². The topological polar surface area (TPSA) is 99.2 Å². The van der Waals surface area contributed by atoms with E-state index in [0.29, 0.717) is 22.6 Å². The highest BCUT2D eigenvalue weighted by Crippen LogP contribution is 2.34. The highest BCUT2D eigenvalue weighted by molar-refractivity contribution is 7.90. The van der Waals surface area contributed by atoms with Crippen LogP contribution in [0.4, 0.5) is 0 Å². The third kappa shape index (κ3) is 4.66. The van der Waals surface area contributed by atoms with E-state index in [0.717, 1.165) is 6.26 Å². The number of rotatable bonds is 6. The van der Waals surface area contributed by atoms with Crippen LogP contribution in [0, 0.1) is 0 Å². The minimum Gasteiger partial charge on any atom is -0.493 e. The quantitative estimate of drug-likeness (QED) is 0.671. The molecule has 0 bridgehead atoms. The van der Waals surface area contributed by atoms with Gasteiger partial charge in [-0.1, -0.05) is 0 Å². The second-order valence-electron chi connectivity index (χ2n) is 7.55. The number of benzene rings is 2. The summed E-state index contributed by atoms with van der Waals surface area (Å²) in [5, 5.41) is 0. The summed E-state index contributed by atoms with van der Waals surface area (Å²) < 4.78 is 40.3. The first-order valence-electron chi connectivity index (χ1n) is 9.63. The van der Waals surface area contributed by atoms with Crippen molar-refractivity contribution in [1.29, 1.82) is 0 Å². The zero-order chi connectivity index (χ0) is 22.9. The van der Waals surface area contributed by atoms with Gasteiger partial charge in [0.2, 0.25) is 0 Å². The molecule has 1 aliphatic rings. The van der Waals surface area contributed by atoms with Gasteiger partial charge in [-0.05, 0) is 49.7 Å². The fourth-order valence-electron chi connectivity index (χ4n) is 3.41. The van der Waals surface area contributed by atoms with E-state index in [4.69, 9.17) is 14.2 Å². The van der Waals surface area contributed by atoms with E-state index in [9.17, 15) is 18.0 Å². The maximum atomic E-state index is 13.4. The smallest absolute Gasteiger partial charge is 0.258 e. The van der Waals surface area contributed by atoms with Crippen molar-refractivity contribution in [2.75, 3.05) is 27.0 Å². The van der Waals surface area contributed by atoms with Crippen LogP contribution in [0.5, 0.6) is 17.2 Å². The SMILES string of the molecule is COc1cc2c(cc1OC)C(=O)CN(C(=O)c1cc(S(C)(=O)=O)ccc1OC(C)C)C2. The molecule has 0 aliphatic carbocycles. The molecule has 9 heteroatoms. The summed E-state index contributed by atoms with van der Waals surface area (Å²) in [5.74, 6) is 0.406. The monoisotopic (exact) mass is 447 g/mol. The fourth-order valence-corrected chi connectivity index (χ4v) is 4.06. The van der Waals surface area contributed by atoms with Gasteiger partial charge >= 0.3 is 0 Å². The Morgan fingerprint density at radius 3 is 2.23 bits per heavy atom. The van der Waals surface area contributed by atoms with E-state index in [2.05, 4.69) is 0 Å². The van der Waals surface area contributed by atoms with Gasteiger partial charge in [0.15, 0.2) is 27.1 Å². The van der Waals surface area contributed by atoms with Crippen LogP contribution in [0.15, 0.2) is 35.2 Å². The average molecular weight is 448 g/mol. The van der Waals surface area contributed by atoms with Crippen LogP contribution >= 0.6 is 0 Å². The molecule has 0 fully saturated rings. The van der Waals surface area contributed by atoms with Crippen LogP contribution in [0.2, 0.25) is 0 Å². The summed E-state index contributed by atoms with van der Waals surface area (Å²) in [7, 11) is -0.560. The van der Waals surface area contributed by atoms with Crippen molar-refractivity contribution >= 4 is 21.5 Å². The molecule has 0 saturated heterocycles. The number of hydrogen-bond acceptors (Lipinski definition) is 7. The molecule has 0 atom stereocenters. The number of nitrogens with zero attached hydrogens (tertiary/aromatic N) is 1. The maximum absolute atomic E-state index is 13.4. The summed E-state index contributed by atoms with van der Waals surface area (Å²) in [5.41, 5.74) is 1.17. The first-order valence-corrected chi connectivity index (χ1v) is 11.5. The van der Waals surface area contributed by atoms with Crippen molar-refractivity contribution in [1.82, 2.24) is 4.90 Å². The zero-order valence-electron chi connectivity index (χ0n) is 18.1. The lowest BCUT2D eigenvalue weighted by Crippen LogP contribution is -2.39. The molecule has 3 rings (SSSR count). The van der Waals surface area contributed by atoms with Crippen LogP contribution in [0.25, 0.3) is 0 Å². The number of ketones is 1. The number of hydrogen-bond donors (Lipinski definition) is 0. The summed E-state index contributed by atoms with van der Waals surface area (Å²) in [4.78, 5) is 27.5. The van der Waals surface area contributed by atoms with Crippen molar-refractivity contribution < 1.29 is 32.2 Å². The minimum absolute atomic E-state index is 0.00194. The number of sulfone groups is 1. The van der Waals surface area contributed by atoms with Gasteiger partial charge in [-0.25, -0.2) is 8.42 Å². The first kappa shape index (κ1) is 22.6. The lowest BCUT2D eigenvalue weighted by molar-refractivity contribution is 0.0673. The third-order valence-electron chi connectivity index (χ3n) is 4.86. The highest BCUT2D eigenvalue weighted by atomic mass is 32.2. The van der Waals surface area contributed by atoms with Crippen molar-refractivity contribution in [3.63, 3.8) is 0 Å².